The number of ether oxygens (including phenoxy) is 1. The summed E-state index contributed by atoms with van der Waals surface area (Å²) in [5.41, 5.74) is 1.99. The number of hydrogen-bond donors (Lipinski definition) is 1. The van der Waals surface area contributed by atoms with Gasteiger partial charge < -0.3 is 9.84 Å². The molecule has 0 fully saturated rings. The van der Waals surface area contributed by atoms with Crippen LogP contribution in [-0.2, 0) is 12.0 Å². The third-order valence-electron chi connectivity index (χ3n) is 3.97. The Bertz CT molecular complexity index is 825. The van der Waals surface area contributed by atoms with Crippen LogP contribution in [0.3, 0.4) is 0 Å². The van der Waals surface area contributed by atoms with Crippen molar-refractivity contribution in [2.75, 3.05) is 6.61 Å². The lowest BCUT2D eigenvalue weighted by Crippen LogP contribution is -2.25. The molecule has 0 bridgehead atoms. The van der Waals surface area contributed by atoms with Gasteiger partial charge in [-0.15, -0.1) is 5.10 Å². The molecule has 2 heterocycles. The lowest BCUT2D eigenvalue weighted by atomic mass is 9.87. The van der Waals surface area contributed by atoms with Crippen LogP contribution >= 0.6 is 0 Å². The topological polar surface area (TPSA) is 86.0 Å². The number of aromatic nitrogens is 5. The molecule has 136 valence electrons. The minimum absolute atomic E-state index is 0.0972. The van der Waals surface area contributed by atoms with Crippen LogP contribution in [0.25, 0.3) is 11.5 Å². The van der Waals surface area contributed by atoms with Crippen LogP contribution < -0.4 is 4.74 Å². The van der Waals surface area contributed by atoms with Crippen molar-refractivity contribution in [3.05, 3.63) is 54.2 Å². The van der Waals surface area contributed by atoms with Crippen molar-refractivity contribution in [2.24, 2.45) is 0 Å². The fourth-order valence-electron chi connectivity index (χ4n) is 2.50. The van der Waals surface area contributed by atoms with Crippen LogP contribution in [0, 0.1) is 0 Å². The maximum absolute atomic E-state index is 10.3. The summed E-state index contributed by atoms with van der Waals surface area (Å²) >= 11 is 0. The molecule has 1 aromatic carbocycles. The van der Waals surface area contributed by atoms with Crippen molar-refractivity contribution in [3.8, 4) is 17.3 Å². The average Bonchev–Trinajstić information content (AvgIpc) is 3.08. The molecular formula is C19H23N5O2. The highest BCUT2D eigenvalue weighted by Gasteiger charge is 2.15. The standard InChI is InChI=1S/C19H23N5O2/c1-19(2,3)14-7-9-16(10-8-14)26-13-15(25)12-24-18(21-22-23-24)17-6-4-5-11-20-17/h4-11,15,25H,12-13H2,1-3H3. The molecule has 7 heteroatoms. The van der Waals surface area contributed by atoms with E-state index in [1.807, 2.05) is 42.5 Å². The summed E-state index contributed by atoms with van der Waals surface area (Å²) in [4.78, 5) is 4.23. The van der Waals surface area contributed by atoms with Gasteiger partial charge in [-0.25, -0.2) is 4.68 Å². The minimum atomic E-state index is -0.747. The Hall–Kier alpha value is -2.80. The molecule has 1 N–H and O–H groups in total. The van der Waals surface area contributed by atoms with E-state index in [0.29, 0.717) is 11.5 Å². The van der Waals surface area contributed by atoms with E-state index < -0.39 is 6.10 Å². The van der Waals surface area contributed by atoms with E-state index in [-0.39, 0.29) is 18.6 Å². The highest BCUT2D eigenvalue weighted by atomic mass is 16.5. The van der Waals surface area contributed by atoms with Gasteiger partial charge in [0, 0.05) is 6.20 Å². The maximum Gasteiger partial charge on any atom is 0.200 e. The Morgan fingerprint density at radius 3 is 2.54 bits per heavy atom. The number of benzene rings is 1. The molecule has 3 aromatic rings. The quantitative estimate of drug-likeness (QED) is 0.733. The fraction of sp³-hybridized carbons (Fsp3) is 0.368. The second-order valence-corrected chi connectivity index (χ2v) is 7.14. The van der Waals surface area contributed by atoms with Gasteiger partial charge in [-0.05, 0) is 45.7 Å². The molecule has 2 aromatic heterocycles. The van der Waals surface area contributed by atoms with E-state index in [1.165, 1.54) is 10.2 Å². The largest absolute Gasteiger partial charge is 0.491 e. The van der Waals surface area contributed by atoms with Gasteiger partial charge in [0.05, 0.1) is 6.54 Å². The van der Waals surface area contributed by atoms with Crippen molar-refractivity contribution >= 4 is 0 Å². The SMILES string of the molecule is CC(C)(C)c1ccc(OCC(O)Cn2nnnc2-c2ccccn2)cc1. The van der Waals surface area contributed by atoms with Gasteiger partial charge >= 0.3 is 0 Å². The zero-order valence-corrected chi connectivity index (χ0v) is 15.2. The van der Waals surface area contributed by atoms with Gasteiger partial charge in [0.2, 0.25) is 5.82 Å². The van der Waals surface area contributed by atoms with Gasteiger partial charge in [-0.3, -0.25) is 4.98 Å². The first-order chi connectivity index (χ1) is 12.4. The molecule has 3 rings (SSSR count). The van der Waals surface area contributed by atoms with Crippen LogP contribution in [0.5, 0.6) is 5.75 Å². The van der Waals surface area contributed by atoms with Crippen LogP contribution in [0.1, 0.15) is 26.3 Å². The van der Waals surface area contributed by atoms with Gasteiger partial charge in [-0.2, -0.15) is 0 Å². The highest BCUT2D eigenvalue weighted by Crippen LogP contribution is 2.24. The monoisotopic (exact) mass is 353 g/mol. The number of pyridine rings is 1. The Labute approximate surface area is 152 Å². The third kappa shape index (κ3) is 4.43. The van der Waals surface area contributed by atoms with Crippen molar-refractivity contribution in [2.45, 2.75) is 38.8 Å². The summed E-state index contributed by atoms with van der Waals surface area (Å²) in [6.45, 7) is 6.86. The zero-order chi connectivity index (χ0) is 18.6. The second-order valence-electron chi connectivity index (χ2n) is 7.14. The van der Waals surface area contributed by atoms with Crippen LogP contribution in [0.15, 0.2) is 48.7 Å². The van der Waals surface area contributed by atoms with Crippen LogP contribution in [-0.4, -0.2) is 43.0 Å². The number of tetrazole rings is 1. The second kappa shape index (κ2) is 7.61. The molecule has 0 radical (unpaired) electrons. The molecule has 0 aliphatic rings. The van der Waals surface area contributed by atoms with Crippen LogP contribution in [0.2, 0.25) is 0 Å². The first-order valence-electron chi connectivity index (χ1n) is 8.52. The number of hydrogen-bond acceptors (Lipinski definition) is 6. The number of aliphatic hydroxyl groups is 1. The smallest absolute Gasteiger partial charge is 0.200 e. The third-order valence-corrected chi connectivity index (χ3v) is 3.97. The zero-order valence-electron chi connectivity index (χ0n) is 15.2. The Kier molecular flexibility index (Phi) is 5.27. The molecule has 0 spiro atoms. The number of aliphatic hydroxyl groups excluding tert-OH is 1. The minimum Gasteiger partial charge on any atom is -0.491 e. The van der Waals surface area contributed by atoms with E-state index in [9.17, 15) is 5.11 Å². The lowest BCUT2D eigenvalue weighted by Gasteiger charge is -2.19. The van der Waals surface area contributed by atoms with Crippen molar-refractivity contribution < 1.29 is 9.84 Å². The normalized spacial score (nSPS) is 12.8. The molecule has 26 heavy (non-hydrogen) atoms. The van der Waals surface area contributed by atoms with Crippen LogP contribution in [0.4, 0.5) is 0 Å². The molecule has 0 aliphatic heterocycles. The molecular weight excluding hydrogens is 330 g/mol. The summed E-state index contributed by atoms with van der Waals surface area (Å²) in [6.07, 6.45) is 0.929. The summed E-state index contributed by atoms with van der Waals surface area (Å²) in [5, 5.41) is 21.9. The average molecular weight is 353 g/mol. The number of nitrogens with zero attached hydrogens (tertiary/aromatic N) is 5. The maximum atomic E-state index is 10.3. The molecule has 0 aliphatic carbocycles. The summed E-state index contributed by atoms with van der Waals surface area (Å²) in [6, 6.07) is 13.4. The van der Waals surface area contributed by atoms with E-state index in [1.54, 1.807) is 6.20 Å². The molecule has 7 nitrogen and oxygen atoms in total. The Morgan fingerprint density at radius 2 is 1.88 bits per heavy atom. The summed E-state index contributed by atoms with van der Waals surface area (Å²) < 4.78 is 7.21. The first kappa shape index (κ1) is 18.0. The van der Waals surface area contributed by atoms with Crippen molar-refractivity contribution in [1.29, 1.82) is 0 Å². The van der Waals surface area contributed by atoms with E-state index in [4.69, 9.17) is 4.74 Å². The summed E-state index contributed by atoms with van der Waals surface area (Å²) in [5.74, 6) is 1.23. The van der Waals surface area contributed by atoms with Gasteiger partial charge in [0.25, 0.3) is 0 Å². The van der Waals surface area contributed by atoms with Gasteiger partial charge in [-0.1, -0.05) is 39.0 Å². The Morgan fingerprint density at radius 1 is 1.12 bits per heavy atom. The lowest BCUT2D eigenvalue weighted by molar-refractivity contribution is 0.0892. The predicted octanol–water partition coefficient (Wildman–Crippen LogP) is 2.47. The molecule has 0 saturated heterocycles. The molecule has 1 unspecified atom stereocenters. The summed E-state index contributed by atoms with van der Waals surface area (Å²) in [7, 11) is 0. The molecule has 0 amide bonds. The first-order valence-corrected chi connectivity index (χ1v) is 8.52. The Balaban J connectivity index is 1.59. The fourth-order valence-corrected chi connectivity index (χ4v) is 2.50. The van der Waals surface area contributed by atoms with E-state index in [2.05, 4.69) is 41.3 Å². The number of rotatable bonds is 6. The van der Waals surface area contributed by atoms with E-state index in [0.717, 1.165) is 5.75 Å². The highest BCUT2D eigenvalue weighted by molar-refractivity contribution is 5.47. The van der Waals surface area contributed by atoms with Gasteiger partial charge in [0.15, 0.2) is 0 Å². The molecule has 0 saturated carbocycles. The molecule has 1 atom stereocenters. The predicted molar refractivity (Wildman–Crippen MR) is 97.7 cm³/mol. The van der Waals surface area contributed by atoms with Gasteiger partial charge in [0.1, 0.15) is 24.2 Å². The van der Waals surface area contributed by atoms with Crippen molar-refractivity contribution in [1.82, 2.24) is 25.2 Å². The van der Waals surface area contributed by atoms with Crippen molar-refractivity contribution in [3.63, 3.8) is 0 Å². The van der Waals surface area contributed by atoms with E-state index >= 15 is 0 Å².